The summed E-state index contributed by atoms with van der Waals surface area (Å²) in [6.45, 7) is 1.88. The Bertz CT molecular complexity index is 1120. The largest absolute Gasteiger partial charge is 0.484 e. The fraction of sp³-hybridized carbons (Fsp3) is 0.0909. The molecule has 0 aliphatic carbocycles. The van der Waals surface area contributed by atoms with Crippen molar-refractivity contribution in [3.05, 3.63) is 84.4 Å². The van der Waals surface area contributed by atoms with Gasteiger partial charge in [-0.2, -0.15) is 0 Å². The first-order valence-corrected chi connectivity index (χ1v) is 8.81. The number of nitrogens with one attached hydrogen (secondary N) is 1. The van der Waals surface area contributed by atoms with Gasteiger partial charge >= 0.3 is 0 Å². The van der Waals surface area contributed by atoms with Crippen molar-refractivity contribution < 1.29 is 13.9 Å². The summed E-state index contributed by atoms with van der Waals surface area (Å²) in [5.74, 6) is -0.202. The average molecular weight is 375 g/mol. The van der Waals surface area contributed by atoms with Crippen molar-refractivity contribution in [2.45, 2.75) is 6.92 Å². The zero-order chi connectivity index (χ0) is 19.5. The number of amides is 1. The number of carbonyl (C=O) groups is 1. The van der Waals surface area contributed by atoms with Crippen molar-refractivity contribution in [2.75, 3.05) is 11.9 Å². The number of rotatable bonds is 5. The lowest BCUT2D eigenvalue weighted by Crippen LogP contribution is -2.20. The molecule has 1 amide bonds. The Labute approximate surface area is 161 Å². The van der Waals surface area contributed by atoms with E-state index in [1.54, 1.807) is 0 Å². The average Bonchev–Trinajstić information content (AvgIpc) is 3.11. The maximum atomic E-state index is 12.9. The normalized spacial score (nSPS) is 10.8. The Morgan fingerprint density at radius 3 is 2.61 bits per heavy atom. The third-order valence-electron chi connectivity index (χ3n) is 4.26. The number of aromatic nitrogens is 2. The number of carbonyl (C=O) groups excluding carboxylic acids is 1. The smallest absolute Gasteiger partial charge is 0.262 e. The predicted molar refractivity (Wildman–Crippen MR) is 106 cm³/mol. The number of halogens is 1. The minimum absolute atomic E-state index is 0.154. The molecule has 4 aromatic rings. The van der Waals surface area contributed by atoms with E-state index >= 15 is 0 Å². The maximum Gasteiger partial charge on any atom is 0.262 e. The van der Waals surface area contributed by atoms with Gasteiger partial charge in [0.05, 0.1) is 5.69 Å². The van der Waals surface area contributed by atoms with Gasteiger partial charge in [0, 0.05) is 23.6 Å². The van der Waals surface area contributed by atoms with Crippen molar-refractivity contribution in [1.82, 2.24) is 9.38 Å². The van der Waals surface area contributed by atoms with Gasteiger partial charge in [0.25, 0.3) is 5.91 Å². The first-order valence-electron chi connectivity index (χ1n) is 8.81. The molecule has 2 aromatic heterocycles. The highest BCUT2D eigenvalue weighted by atomic mass is 19.1. The molecule has 0 radical (unpaired) electrons. The van der Waals surface area contributed by atoms with E-state index in [9.17, 15) is 9.18 Å². The van der Waals surface area contributed by atoms with Gasteiger partial charge in [-0.3, -0.25) is 4.79 Å². The van der Waals surface area contributed by atoms with Crippen molar-refractivity contribution >= 4 is 17.2 Å². The van der Waals surface area contributed by atoms with Crippen LogP contribution in [0.2, 0.25) is 0 Å². The molecular weight excluding hydrogens is 357 g/mol. The minimum Gasteiger partial charge on any atom is -0.484 e. The van der Waals surface area contributed by atoms with E-state index in [1.807, 2.05) is 60.1 Å². The van der Waals surface area contributed by atoms with E-state index in [0.29, 0.717) is 11.4 Å². The second-order valence-electron chi connectivity index (χ2n) is 6.46. The van der Waals surface area contributed by atoms with E-state index in [4.69, 9.17) is 4.74 Å². The number of fused-ring (bicyclic) bond motifs is 1. The summed E-state index contributed by atoms with van der Waals surface area (Å²) in [4.78, 5) is 16.7. The zero-order valence-corrected chi connectivity index (χ0v) is 15.2. The summed E-state index contributed by atoms with van der Waals surface area (Å²) in [6, 6.07) is 17.0. The van der Waals surface area contributed by atoms with Crippen LogP contribution in [0.25, 0.3) is 16.9 Å². The van der Waals surface area contributed by atoms with Crippen LogP contribution in [0.15, 0.2) is 73.1 Å². The number of pyridine rings is 1. The summed E-state index contributed by atoms with van der Waals surface area (Å²) in [5, 5.41) is 2.77. The van der Waals surface area contributed by atoms with Crippen LogP contribution in [0.3, 0.4) is 0 Å². The van der Waals surface area contributed by atoms with E-state index < -0.39 is 0 Å². The molecule has 0 saturated carbocycles. The van der Waals surface area contributed by atoms with E-state index in [2.05, 4.69) is 10.3 Å². The van der Waals surface area contributed by atoms with Crippen LogP contribution in [-0.2, 0) is 4.79 Å². The van der Waals surface area contributed by atoms with Crippen LogP contribution in [0.4, 0.5) is 10.1 Å². The first-order chi connectivity index (χ1) is 13.6. The fourth-order valence-electron chi connectivity index (χ4n) is 2.82. The van der Waals surface area contributed by atoms with E-state index in [0.717, 1.165) is 22.5 Å². The maximum absolute atomic E-state index is 12.9. The van der Waals surface area contributed by atoms with Crippen LogP contribution in [0.5, 0.6) is 5.75 Å². The molecule has 2 aromatic carbocycles. The van der Waals surface area contributed by atoms with Crippen molar-refractivity contribution in [3.8, 4) is 17.0 Å². The predicted octanol–water partition coefficient (Wildman–Crippen LogP) is 4.47. The quantitative estimate of drug-likeness (QED) is 0.560. The number of anilines is 1. The molecule has 0 aliphatic rings. The Morgan fingerprint density at radius 1 is 1.11 bits per heavy atom. The molecule has 0 saturated heterocycles. The number of benzene rings is 2. The summed E-state index contributed by atoms with van der Waals surface area (Å²) >= 11 is 0. The van der Waals surface area contributed by atoms with Gasteiger partial charge in [-0.05, 0) is 61.0 Å². The highest BCUT2D eigenvalue weighted by molar-refractivity contribution is 5.92. The van der Waals surface area contributed by atoms with Gasteiger partial charge in [0.15, 0.2) is 6.61 Å². The molecule has 140 valence electrons. The molecule has 28 heavy (non-hydrogen) atoms. The Morgan fingerprint density at radius 2 is 1.86 bits per heavy atom. The molecule has 6 heteroatoms. The number of nitrogens with zero attached hydrogens (tertiary/aromatic N) is 2. The second kappa shape index (κ2) is 7.52. The molecule has 0 fully saturated rings. The van der Waals surface area contributed by atoms with Gasteiger partial charge < -0.3 is 14.5 Å². The Hall–Kier alpha value is -3.67. The number of aryl methyl sites for hydroxylation is 1. The topological polar surface area (TPSA) is 55.6 Å². The highest BCUT2D eigenvalue weighted by Crippen LogP contribution is 2.22. The molecular formula is C22H18FN3O2. The Balaban J connectivity index is 1.39. The third kappa shape index (κ3) is 4.01. The van der Waals surface area contributed by atoms with Crippen LogP contribution in [0, 0.1) is 12.7 Å². The lowest BCUT2D eigenvalue weighted by molar-refractivity contribution is -0.118. The van der Waals surface area contributed by atoms with Crippen molar-refractivity contribution in [3.63, 3.8) is 0 Å². The fourth-order valence-corrected chi connectivity index (χ4v) is 2.82. The molecule has 0 bridgehead atoms. The number of imidazole rings is 1. The van der Waals surface area contributed by atoms with Crippen molar-refractivity contribution in [1.29, 1.82) is 0 Å². The molecule has 0 unspecified atom stereocenters. The summed E-state index contributed by atoms with van der Waals surface area (Å²) in [5.41, 5.74) is 4.54. The summed E-state index contributed by atoms with van der Waals surface area (Å²) in [6.07, 6.45) is 3.95. The monoisotopic (exact) mass is 375 g/mol. The first kappa shape index (κ1) is 17.7. The van der Waals surface area contributed by atoms with Crippen LogP contribution >= 0.6 is 0 Å². The lowest BCUT2D eigenvalue weighted by atomic mass is 10.1. The molecule has 5 nitrogen and oxygen atoms in total. The minimum atomic E-state index is -0.349. The van der Waals surface area contributed by atoms with Crippen LogP contribution in [-0.4, -0.2) is 21.9 Å². The zero-order valence-electron chi connectivity index (χ0n) is 15.2. The molecule has 0 aliphatic heterocycles. The second-order valence-corrected chi connectivity index (χ2v) is 6.46. The summed E-state index contributed by atoms with van der Waals surface area (Å²) in [7, 11) is 0. The van der Waals surface area contributed by atoms with Crippen molar-refractivity contribution in [2.24, 2.45) is 0 Å². The molecule has 0 atom stereocenters. The lowest BCUT2D eigenvalue weighted by Gasteiger charge is -2.08. The van der Waals surface area contributed by atoms with Crippen LogP contribution in [0.1, 0.15) is 5.56 Å². The molecule has 0 spiro atoms. The summed E-state index contributed by atoms with van der Waals surface area (Å²) < 4.78 is 20.2. The number of hydrogen-bond acceptors (Lipinski definition) is 3. The van der Waals surface area contributed by atoms with Gasteiger partial charge in [0.2, 0.25) is 0 Å². The standard InChI is InChI=1S/C22H18FN3O2/c1-15-10-11-26-13-20(25-21(26)12-15)16-2-6-18(7-3-16)24-22(27)14-28-19-8-4-17(23)5-9-19/h2-13H,14H2,1H3,(H,24,27). The third-order valence-corrected chi connectivity index (χ3v) is 4.26. The van der Waals surface area contributed by atoms with Gasteiger partial charge in [0.1, 0.15) is 17.2 Å². The van der Waals surface area contributed by atoms with E-state index in [1.165, 1.54) is 24.3 Å². The SMILES string of the molecule is Cc1ccn2cc(-c3ccc(NC(=O)COc4ccc(F)cc4)cc3)nc2c1. The molecule has 1 N–H and O–H groups in total. The highest BCUT2D eigenvalue weighted by Gasteiger charge is 2.07. The molecule has 2 heterocycles. The number of hydrogen-bond donors (Lipinski definition) is 1. The molecule has 4 rings (SSSR count). The van der Waals surface area contributed by atoms with Crippen LogP contribution < -0.4 is 10.1 Å². The Kier molecular flexibility index (Phi) is 4.76. The van der Waals surface area contributed by atoms with Gasteiger partial charge in [-0.1, -0.05) is 12.1 Å². The number of ether oxygens (including phenoxy) is 1. The van der Waals surface area contributed by atoms with E-state index in [-0.39, 0.29) is 18.3 Å². The van der Waals surface area contributed by atoms with Gasteiger partial charge in [-0.25, -0.2) is 9.37 Å². The van der Waals surface area contributed by atoms with Gasteiger partial charge in [-0.15, -0.1) is 0 Å².